The number of benzene rings is 2. The summed E-state index contributed by atoms with van der Waals surface area (Å²) in [6.45, 7) is 10.5. The molecular formula is C20H32O3. The van der Waals surface area contributed by atoms with E-state index in [1.165, 1.54) is 11.1 Å². The van der Waals surface area contributed by atoms with Crippen molar-refractivity contribution >= 4 is 0 Å². The van der Waals surface area contributed by atoms with Gasteiger partial charge >= 0.3 is 0 Å². The second kappa shape index (κ2) is 16.7. The Morgan fingerprint density at radius 3 is 1.35 bits per heavy atom. The van der Waals surface area contributed by atoms with Gasteiger partial charge in [0.15, 0.2) is 6.29 Å². The van der Waals surface area contributed by atoms with Crippen LogP contribution in [0, 0.1) is 13.8 Å². The average Bonchev–Trinajstić information content (AvgIpc) is 2.61. The van der Waals surface area contributed by atoms with Gasteiger partial charge in [-0.1, -0.05) is 75.4 Å². The summed E-state index contributed by atoms with van der Waals surface area (Å²) >= 11 is 0. The molecule has 0 spiro atoms. The fourth-order valence-corrected chi connectivity index (χ4v) is 1.29. The van der Waals surface area contributed by atoms with Gasteiger partial charge in [-0.05, 0) is 31.4 Å². The van der Waals surface area contributed by atoms with Gasteiger partial charge in [-0.15, -0.1) is 0 Å². The molecule has 2 aromatic rings. The highest BCUT2D eigenvalue weighted by Gasteiger charge is 1.97. The van der Waals surface area contributed by atoms with Crippen molar-refractivity contribution in [1.82, 2.24) is 0 Å². The molecule has 2 aromatic carbocycles. The first kappa shape index (κ1) is 23.6. The SMILES string of the molecule is CC.CCCO.Cc1ccccc1C.OC(O)c1ccccc1. The quantitative estimate of drug-likeness (QED) is 0.719. The molecule has 0 saturated carbocycles. The maximum Gasteiger partial charge on any atom is 0.178 e. The van der Waals surface area contributed by atoms with Crippen molar-refractivity contribution in [2.45, 2.75) is 47.3 Å². The van der Waals surface area contributed by atoms with E-state index in [0.29, 0.717) is 12.2 Å². The molecule has 3 N–H and O–H groups in total. The summed E-state index contributed by atoms with van der Waals surface area (Å²) in [5.74, 6) is 0. The van der Waals surface area contributed by atoms with Gasteiger partial charge in [-0.25, -0.2) is 0 Å². The molecule has 0 atom stereocenters. The molecule has 130 valence electrons. The first-order valence-electron chi connectivity index (χ1n) is 8.07. The Labute approximate surface area is 141 Å². The smallest absolute Gasteiger partial charge is 0.178 e. The van der Waals surface area contributed by atoms with Crippen molar-refractivity contribution in [2.24, 2.45) is 0 Å². The van der Waals surface area contributed by atoms with Crippen LogP contribution >= 0.6 is 0 Å². The van der Waals surface area contributed by atoms with E-state index in [9.17, 15) is 0 Å². The minimum Gasteiger partial charge on any atom is -0.396 e. The highest BCUT2D eigenvalue weighted by Crippen LogP contribution is 2.06. The molecule has 0 radical (unpaired) electrons. The molecule has 0 unspecified atom stereocenters. The maximum absolute atomic E-state index is 8.58. The van der Waals surface area contributed by atoms with Crippen LogP contribution < -0.4 is 0 Å². The summed E-state index contributed by atoms with van der Waals surface area (Å²) < 4.78 is 0. The Balaban J connectivity index is 0. The van der Waals surface area contributed by atoms with E-state index in [2.05, 4.69) is 38.1 Å². The van der Waals surface area contributed by atoms with E-state index < -0.39 is 6.29 Å². The van der Waals surface area contributed by atoms with E-state index >= 15 is 0 Å². The number of aliphatic hydroxyl groups is 3. The van der Waals surface area contributed by atoms with Gasteiger partial charge in [-0.2, -0.15) is 0 Å². The maximum atomic E-state index is 8.58. The van der Waals surface area contributed by atoms with E-state index in [1.54, 1.807) is 24.3 Å². The predicted octanol–water partition coefficient (Wildman–Crippen LogP) is 4.39. The Bertz CT molecular complexity index is 444. The Morgan fingerprint density at radius 1 is 0.783 bits per heavy atom. The highest BCUT2D eigenvalue weighted by atomic mass is 16.5. The Morgan fingerprint density at radius 2 is 1.13 bits per heavy atom. The summed E-state index contributed by atoms with van der Waals surface area (Å²) in [6.07, 6.45) is -0.466. The molecule has 3 nitrogen and oxygen atoms in total. The molecule has 0 saturated heterocycles. The third kappa shape index (κ3) is 13.7. The van der Waals surface area contributed by atoms with Gasteiger partial charge in [0.2, 0.25) is 0 Å². The standard InChI is InChI=1S/C8H10.C7H8O2.C3H8O.C2H6/c1-7-5-3-4-6-8(7)2;8-7(9)6-4-2-1-3-5-6;1-2-3-4;1-2/h3-6H,1-2H3;1-5,7-9H;4H,2-3H2,1H3;1-2H3. The van der Waals surface area contributed by atoms with Gasteiger partial charge in [0.1, 0.15) is 0 Å². The Kier molecular flexibility index (Phi) is 17.1. The van der Waals surface area contributed by atoms with Crippen molar-refractivity contribution in [3.63, 3.8) is 0 Å². The molecule has 0 aromatic heterocycles. The summed E-state index contributed by atoms with van der Waals surface area (Å²) in [4.78, 5) is 0. The van der Waals surface area contributed by atoms with Crippen LogP contribution in [0.15, 0.2) is 54.6 Å². The van der Waals surface area contributed by atoms with Crippen LogP contribution in [0.4, 0.5) is 0 Å². The van der Waals surface area contributed by atoms with E-state index in [4.69, 9.17) is 15.3 Å². The summed E-state index contributed by atoms with van der Waals surface area (Å²) in [5.41, 5.74) is 3.26. The number of hydrogen-bond donors (Lipinski definition) is 3. The summed E-state index contributed by atoms with van der Waals surface area (Å²) in [6, 6.07) is 17.0. The van der Waals surface area contributed by atoms with Crippen molar-refractivity contribution in [3.8, 4) is 0 Å². The number of hydrogen-bond acceptors (Lipinski definition) is 3. The van der Waals surface area contributed by atoms with Crippen LogP contribution in [-0.4, -0.2) is 21.9 Å². The zero-order valence-electron chi connectivity index (χ0n) is 15.0. The molecular weight excluding hydrogens is 288 g/mol. The van der Waals surface area contributed by atoms with Crippen LogP contribution in [0.2, 0.25) is 0 Å². The summed E-state index contributed by atoms with van der Waals surface area (Å²) in [7, 11) is 0. The minimum absolute atomic E-state index is 0.319. The lowest BCUT2D eigenvalue weighted by molar-refractivity contribution is -0.0424. The molecule has 0 aliphatic carbocycles. The largest absolute Gasteiger partial charge is 0.396 e. The fraction of sp³-hybridized carbons (Fsp3) is 0.400. The third-order valence-corrected chi connectivity index (χ3v) is 2.75. The summed E-state index contributed by atoms with van der Waals surface area (Å²) in [5, 5.41) is 25.0. The number of aliphatic hydroxyl groups excluding tert-OH is 2. The average molecular weight is 320 g/mol. The van der Waals surface area contributed by atoms with Crippen LogP contribution in [0.5, 0.6) is 0 Å². The van der Waals surface area contributed by atoms with Crippen LogP contribution in [0.1, 0.15) is 50.2 Å². The van der Waals surface area contributed by atoms with E-state index in [-0.39, 0.29) is 0 Å². The molecule has 3 heteroatoms. The number of rotatable bonds is 2. The van der Waals surface area contributed by atoms with Crippen molar-refractivity contribution in [1.29, 1.82) is 0 Å². The van der Waals surface area contributed by atoms with Crippen LogP contribution in [0.25, 0.3) is 0 Å². The van der Waals surface area contributed by atoms with Gasteiger partial charge in [0.25, 0.3) is 0 Å². The zero-order valence-corrected chi connectivity index (χ0v) is 15.0. The monoisotopic (exact) mass is 320 g/mol. The highest BCUT2D eigenvalue weighted by molar-refractivity contribution is 5.23. The molecule has 0 amide bonds. The first-order chi connectivity index (χ1) is 11.0. The third-order valence-electron chi connectivity index (χ3n) is 2.75. The van der Waals surface area contributed by atoms with Crippen molar-refractivity contribution < 1.29 is 15.3 Å². The molecule has 0 aliphatic heterocycles. The minimum atomic E-state index is -1.34. The van der Waals surface area contributed by atoms with Gasteiger partial charge in [-0.3, -0.25) is 0 Å². The molecule has 23 heavy (non-hydrogen) atoms. The number of aryl methyl sites for hydroxylation is 2. The molecule has 0 bridgehead atoms. The topological polar surface area (TPSA) is 60.7 Å². The second-order valence-electron chi connectivity index (χ2n) is 4.59. The molecule has 2 rings (SSSR count). The lowest BCUT2D eigenvalue weighted by atomic mass is 10.1. The molecule has 0 heterocycles. The lowest BCUT2D eigenvalue weighted by Crippen LogP contribution is -1.92. The van der Waals surface area contributed by atoms with Gasteiger partial charge < -0.3 is 15.3 Å². The zero-order chi connectivity index (χ0) is 18.1. The van der Waals surface area contributed by atoms with Gasteiger partial charge in [0, 0.05) is 12.2 Å². The molecule has 0 aliphatic rings. The predicted molar refractivity (Wildman–Crippen MR) is 98.3 cm³/mol. The van der Waals surface area contributed by atoms with Crippen LogP contribution in [0.3, 0.4) is 0 Å². The van der Waals surface area contributed by atoms with E-state index in [0.717, 1.165) is 6.42 Å². The molecule has 0 fully saturated rings. The van der Waals surface area contributed by atoms with Gasteiger partial charge in [0.05, 0.1) is 0 Å². The normalized spacial score (nSPS) is 8.74. The second-order valence-corrected chi connectivity index (χ2v) is 4.59. The lowest BCUT2D eigenvalue weighted by Gasteiger charge is -1.99. The van der Waals surface area contributed by atoms with Crippen LogP contribution in [-0.2, 0) is 0 Å². The fourth-order valence-electron chi connectivity index (χ4n) is 1.29. The Hall–Kier alpha value is -1.68. The van der Waals surface area contributed by atoms with Crippen molar-refractivity contribution in [3.05, 3.63) is 71.3 Å². The first-order valence-corrected chi connectivity index (χ1v) is 8.07. The van der Waals surface area contributed by atoms with Crippen molar-refractivity contribution in [2.75, 3.05) is 6.61 Å². The van der Waals surface area contributed by atoms with E-state index in [1.807, 2.05) is 26.8 Å².